The first-order chi connectivity index (χ1) is 9.51. The molecule has 0 amide bonds. The maximum atomic E-state index is 13.6. The zero-order valence-corrected chi connectivity index (χ0v) is 10.5. The number of hydrogen-bond donors (Lipinski definition) is 3. The molecule has 0 aliphatic heterocycles. The molecule has 0 aliphatic rings. The Morgan fingerprint density at radius 1 is 1.00 bits per heavy atom. The van der Waals surface area contributed by atoms with Gasteiger partial charge in [0.1, 0.15) is 17.5 Å². The first-order valence-corrected chi connectivity index (χ1v) is 5.96. The minimum absolute atomic E-state index is 0.0494. The number of rotatable bonds is 4. The van der Waals surface area contributed by atoms with Gasteiger partial charge >= 0.3 is 0 Å². The van der Waals surface area contributed by atoms with Gasteiger partial charge in [0.05, 0.1) is 6.04 Å². The van der Waals surface area contributed by atoms with Crippen LogP contribution in [0, 0.1) is 17.5 Å². The zero-order chi connectivity index (χ0) is 14.7. The first-order valence-electron chi connectivity index (χ1n) is 5.96. The summed E-state index contributed by atoms with van der Waals surface area (Å²) in [6.45, 7) is 0. The van der Waals surface area contributed by atoms with Crippen molar-refractivity contribution in [2.24, 2.45) is 5.84 Å². The van der Waals surface area contributed by atoms with E-state index in [0.29, 0.717) is 11.3 Å². The molecule has 0 fully saturated rings. The van der Waals surface area contributed by atoms with E-state index in [2.05, 4.69) is 5.43 Å². The molecule has 0 aromatic heterocycles. The lowest BCUT2D eigenvalue weighted by Crippen LogP contribution is -2.30. The molecule has 1 unspecified atom stereocenters. The number of benzene rings is 2. The lowest BCUT2D eigenvalue weighted by atomic mass is 9.97. The highest BCUT2D eigenvalue weighted by Crippen LogP contribution is 2.25. The number of nitrogens with one attached hydrogen (secondary N) is 1. The highest BCUT2D eigenvalue weighted by atomic mass is 19.1. The fourth-order valence-corrected chi connectivity index (χ4v) is 2.03. The summed E-state index contributed by atoms with van der Waals surface area (Å²) in [5.74, 6) is 3.83. The summed E-state index contributed by atoms with van der Waals surface area (Å²) in [7, 11) is 0. The van der Waals surface area contributed by atoms with Crippen LogP contribution in [0.4, 0.5) is 18.9 Å². The van der Waals surface area contributed by atoms with Crippen molar-refractivity contribution in [3.63, 3.8) is 0 Å². The van der Waals surface area contributed by atoms with Crippen LogP contribution in [0.3, 0.4) is 0 Å². The van der Waals surface area contributed by atoms with Crippen molar-refractivity contribution in [1.29, 1.82) is 0 Å². The molecule has 0 spiro atoms. The van der Waals surface area contributed by atoms with Crippen LogP contribution in [-0.2, 0) is 6.42 Å². The average molecular weight is 281 g/mol. The van der Waals surface area contributed by atoms with Crippen LogP contribution < -0.4 is 17.0 Å². The Hall–Kier alpha value is -2.05. The van der Waals surface area contributed by atoms with Crippen molar-refractivity contribution in [2.75, 3.05) is 5.73 Å². The second-order valence-electron chi connectivity index (χ2n) is 4.43. The summed E-state index contributed by atoms with van der Waals surface area (Å²) in [4.78, 5) is 0. The van der Waals surface area contributed by atoms with Gasteiger partial charge < -0.3 is 5.73 Å². The molecule has 0 saturated carbocycles. The number of anilines is 1. The molecule has 6 heteroatoms. The largest absolute Gasteiger partial charge is 0.398 e. The summed E-state index contributed by atoms with van der Waals surface area (Å²) >= 11 is 0. The van der Waals surface area contributed by atoms with E-state index >= 15 is 0 Å². The van der Waals surface area contributed by atoms with E-state index in [9.17, 15) is 13.2 Å². The molecule has 0 radical (unpaired) electrons. The number of nitrogen functional groups attached to an aromatic ring is 1. The topological polar surface area (TPSA) is 64.1 Å². The Balaban J connectivity index is 2.33. The van der Waals surface area contributed by atoms with E-state index in [1.54, 1.807) is 0 Å². The van der Waals surface area contributed by atoms with Crippen molar-refractivity contribution >= 4 is 5.69 Å². The molecule has 0 saturated heterocycles. The fourth-order valence-electron chi connectivity index (χ4n) is 2.03. The van der Waals surface area contributed by atoms with Gasteiger partial charge in [0.15, 0.2) is 0 Å². The molecule has 1 atom stereocenters. The van der Waals surface area contributed by atoms with Gasteiger partial charge in [-0.15, -0.1) is 0 Å². The van der Waals surface area contributed by atoms with Gasteiger partial charge in [-0.05, 0) is 53.9 Å². The Labute approximate surface area is 114 Å². The predicted molar refractivity (Wildman–Crippen MR) is 70.9 cm³/mol. The maximum Gasteiger partial charge on any atom is 0.126 e. The van der Waals surface area contributed by atoms with Crippen molar-refractivity contribution in [3.05, 3.63) is 65.0 Å². The first kappa shape index (κ1) is 14.4. The summed E-state index contributed by atoms with van der Waals surface area (Å²) in [5, 5.41) is 0. The molecule has 2 aromatic carbocycles. The van der Waals surface area contributed by atoms with Crippen molar-refractivity contribution in [3.8, 4) is 0 Å². The Morgan fingerprint density at radius 3 is 2.35 bits per heavy atom. The third-order valence-electron chi connectivity index (χ3n) is 3.06. The third kappa shape index (κ3) is 3.09. The summed E-state index contributed by atoms with van der Waals surface area (Å²) < 4.78 is 40.0. The second kappa shape index (κ2) is 5.94. The molecular formula is C14H14F3N3. The van der Waals surface area contributed by atoms with E-state index in [1.165, 1.54) is 18.2 Å². The van der Waals surface area contributed by atoms with Crippen molar-refractivity contribution in [2.45, 2.75) is 12.5 Å². The maximum absolute atomic E-state index is 13.6. The predicted octanol–water partition coefficient (Wildman–Crippen LogP) is 2.43. The van der Waals surface area contributed by atoms with Gasteiger partial charge in [-0.1, -0.05) is 0 Å². The van der Waals surface area contributed by atoms with Crippen LogP contribution >= 0.6 is 0 Å². The van der Waals surface area contributed by atoms with E-state index in [1.807, 2.05) is 0 Å². The monoisotopic (exact) mass is 281 g/mol. The molecule has 20 heavy (non-hydrogen) atoms. The average Bonchev–Trinajstić information content (AvgIpc) is 2.42. The van der Waals surface area contributed by atoms with Gasteiger partial charge in [0, 0.05) is 5.69 Å². The van der Waals surface area contributed by atoms with E-state index < -0.39 is 23.5 Å². The van der Waals surface area contributed by atoms with Crippen LogP contribution in [0.5, 0.6) is 0 Å². The molecule has 0 bridgehead atoms. The van der Waals surface area contributed by atoms with Crippen LogP contribution in [-0.4, -0.2) is 0 Å². The number of nitrogens with two attached hydrogens (primary N) is 2. The van der Waals surface area contributed by atoms with E-state index in [0.717, 1.165) is 18.2 Å². The number of halogens is 3. The highest BCUT2D eigenvalue weighted by molar-refractivity contribution is 5.49. The summed E-state index contributed by atoms with van der Waals surface area (Å²) in [6.07, 6.45) is 0.0494. The molecule has 106 valence electrons. The zero-order valence-electron chi connectivity index (χ0n) is 10.5. The van der Waals surface area contributed by atoms with Gasteiger partial charge in [-0.25, -0.2) is 13.2 Å². The standard InChI is InChI=1S/C14H14F3N3/c15-9-1-3-12(17)8(5-9)6-14(20-19)11-7-10(16)2-4-13(11)18/h1-5,7,14,20H,6,18-19H2. The highest BCUT2D eigenvalue weighted by Gasteiger charge is 2.17. The smallest absolute Gasteiger partial charge is 0.126 e. The molecular weight excluding hydrogens is 267 g/mol. The Morgan fingerprint density at radius 2 is 1.65 bits per heavy atom. The minimum atomic E-state index is -0.623. The molecule has 2 rings (SSSR count). The molecule has 0 aliphatic carbocycles. The van der Waals surface area contributed by atoms with Crippen molar-refractivity contribution < 1.29 is 13.2 Å². The second-order valence-corrected chi connectivity index (χ2v) is 4.43. The van der Waals surface area contributed by atoms with Crippen LogP contribution in [0.25, 0.3) is 0 Å². The lowest BCUT2D eigenvalue weighted by molar-refractivity contribution is 0.520. The quantitative estimate of drug-likeness (QED) is 0.458. The van der Waals surface area contributed by atoms with Crippen LogP contribution in [0.15, 0.2) is 36.4 Å². The molecule has 0 heterocycles. The summed E-state index contributed by atoms with van der Waals surface area (Å²) in [5.41, 5.74) is 9.06. The Bertz CT molecular complexity index is 617. The number of hydrogen-bond acceptors (Lipinski definition) is 3. The normalized spacial score (nSPS) is 12.4. The van der Waals surface area contributed by atoms with Crippen LogP contribution in [0.2, 0.25) is 0 Å². The van der Waals surface area contributed by atoms with Crippen LogP contribution in [0.1, 0.15) is 17.2 Å². The third-order valence-corrected chi connectivity index (χ3v) is 3.06. The molecule has 2 aromatic rings. The van der Waals surface area contributed by atoms with Crippen molar-refractivity contribution in [1.82, 2.24) is 5.43 Å². The lowest BCUT2D eigenvalue weighted by Gasteiger charge is -2.18. The van der Waals surface area contributed by atoms with E-state index in [-0.39, 0.29) is 12.0 Å². The summed E-state index contributed by atoms with van der Waals surface area (Å²) in [6, 6.07) is 6.35. The van der Waals surface area contributed by atoms with Gasteiger partial charge in [-0.3, -0.25) is 11.3 Å². The number of hydrazine groups is 1. The Kier molecular flexibility index (Phi) is 4.26. The minimum Gasteiger partial charge on any atom is -0.398 e. The van der Waals surface area contributed by atoms with E-state index in [4.69, 9.17) is 11.6 Å². The SMILES string of the molecule is NNC(Cc1cc(F)ccc1F)c1cc(F)ccc1N. The van der Waals surface area contributed by atoms with Gasteiger partial charge in [-0.2, -0.15) is 0 Å². The van der Waals surface area contributed by atoms with Gasteiger partial charge in [0.2, 0.25) is 0 Å². The fraction of sp³-hybridized carbons (Fsp3) is 0.143. The van der Waals surface area contributed by atoms with Gasteiger partial charge in [0.25, 0.3) is 0 Å². The molecule has 5 N–H and O–H groups in total. The molecule has 3 nitrogen and oxygen atoms in total.